The van der Waals surface area contributed by atoms with Crippen molar-refractivity contribution in [1.29, 1.82) is 0 Å². The van der Waals surface area contributed by atoms with E-state index in [0.717, 1.165) is 54.7 Å². The minimum absolute atomic E-state index is 0.280. The molecule has 7 nitrogen and oxygen atoms in total. The smallest absolute Gasteiger partial charge is 0.208 e. The maximum absolute atomic E-state index is 6.16. The number of rotatable bonds is 7. The van der Waals surface area contributed by atoms with Crippen molar-refractivity contribution in [2.75, 3.05) is 25.0 Å². The highest BCUT2D eigenvalue weighted by Crippen LogP contribution is 2.31. The van der Waals surface area contributed by atoms with E-state index in [1.807, 2.05) is 31.2 Å². The Morgan fingerprint density at radius 1 is 1.13 bits per heavy atom. The number of aryl methyl sites for hydroxylation is 1. The number of nitrogens with one attached hydrogen (secondary N) is 1. The van der Waals surface area contributed by atoms with Gasteiger partial charge in [0, 0.05) is 37.4 Å². The Bertz CT molecular complexity index is 979. The summed E-state index contributed by atoms with van der Waals surface area (Å²) < 4.78 is 10.6. The molecule has 0 atom stereocenters. The summed E-state index contributed by atoms with van der Waals surface area (Å²) in [4.78, 5) is 16.0. The molecule has 5 rings (SSSR count). The van der Waals surface area contributed by atoms with Crippen LogP contribution < -0.4 is 10.1 Å². The van der Waals surface area contributed by atoms with Crippen LogP contribution in [-0.2, 0) is 0 Å². The summed E-state index contributed by atoms with van der Waals surface area (Å²) in [5, 5.41) is 3.93. The van der Waals surface area contributed by atoms with Gasteiger partial charge in [-0.15, -0.1) is 0 Å². The normalized spacial score (nSPS) is 17.8. The zero-order valence-electron chi connectivity index (χ0n) is 17.1. The van der Waals surface area contributed by atoms with Crippen molar-refractivity contribution in [2.45, 2.75) is 38.7 Å². The monoisotopic (exact) mass is 422 g/mol. The topological polar surface area (TPSA) is 76.1 Å². The molecule has 3 aromatic heterocycles. The number of aromatic nitrogens is 4. The van der Waals surface area contributed by atoms with Gasteiger partial charge in [0.1, 0.15) is 23.4 Å². The van der Waals surface area contributed by atoms with E-state index in [9.17, 15) is 0 Å². The average Bonchev–Trinajstić information content (AvgIpc) is 3.46. The predicted molar refractivity (Wildman–Crippen MR) is 118 cm³/mol. The standard InChI is InChI=1S/C22H26N6OS/c1-15-3-2-10-23-20(15)25-22-26-21(27-30-22)19-7-6-18(13-24-19)29-17-8-11-28(12-9-17)14-16-4-5-16/h2-3,6-7,10,13,16-17H,4-5,8-9,11-12,14H2,1H3,(H,23,25,26,27). The number of ether oxygens (including phenoxy) is 1. The molecule has 8 heteroatoms. The first-order valence-electron chi connectivity index (χ1n) is 10.6. The van der Waals surface area contributed by atoms with Crippen LogP contribution in [-0.4, -0.2) is 50.0 Å². The summed E-state index contributed by atoms with van der Waals surface area (Å²) in [5.74, 6) is 3.18. The van der Waals surface area contributed by atoms with E-state index < -0.39 is 0 Å². The number of piperidine rings is 1. The van der Waals surface area contributed by atoms with Gasteiger partial charge in [-0.05, 0) is 62.3 Å². The van der Waals surface area contributed by atoms with Gasteiger partial charge in [0.25, 0.3) is 0 Å². The Balaban J connectivity index is 1.16. The lowest BCUT2D eigenvalue weighted by molar-refractivity contribution is 0.0977. The quantitative estimate of drug-likeness (QED) is 0.608. The average molecular weight is 423 g/mol. The predicted octanol–water partition coefficient (Wildman–Crippen LogP) is 4.30. The van der Waals surface area contributed by atoms with Crippen LogP contribution in [0.5, 0.6) is 5.75 Å². The molecule has 3 aromatic rings. The van der Waals surface area contributed by atoms with Crippen LogP contribution in [0.15, 0.2) is 36.7 Å². The fourth-order valence-electron chi connectivity index (χ4n) is 3.75. The lowest BCUT2D eigenvalue weighted by atomic mass is 10.1. The molecule has 156 valence electrons. The third-order valence-electron chi connectivity index (χ3n) is 5.68. The largest absolute Gasteiger partial charge is 0.489 e. The minimum Gasteiger partial charge on any atom is -0.489 e. The van der Waals surface area contributed by atoms with Crippen LogP contribution in [0, 0.1) is 12.8 Å². The van der Waals surface area contributed by atoms with Crippen LogP contribution >= 0.6 is 11.5 Å². The second-order valence-electron chi connectivity index (χ2n) is 8.16. The Kier molecular flexibility index (Phi) is 5.59. The number of hydrogen-bond donors (Lipinski definition) is 1. The second-order valence-corrected chi connectivity index (χ2v) is 8.91. The van der Waals surface area contributed by atoms with Gasteiger partial charge in [0.05, 0.1) is 6.20 Å². The zero-order chi connectivity index (χ0) is 20.3. The Hall–Kier alpha value is -2.58. The number of pyridine rings is 2. The van der Waals surface area contributed by atoms with Gasteiger partial charge in [0.15, 0.2) is 5.82 Å². The maximum Gasteiger partial charge on any atom is 0.208 e. The molecule has 0 unspecified atom stereocenters. The van der Waals surface area contributed by atoms with Gasteiger partial charge in [-0.3, -0.25) is 0 Å². The van der Waals surface area contributed by atoms with Gasteiger partial charge in [-0.2, -0.15) is 9.36 Å². The van der Waals surface area contributed by atoms with Crippen molar-refractivity contribution in [1.82, 2.24) is 24.2 Å². The molecule has 0 aromatic carbocycles. The van der Waals surface area contributed by atoms with Crippen molar-refractivity contribution in [3.05, 3.63) is 42.2 Å². The summed E-state index contributed by atoms with van der Waals surface area (Å²) >= 11 is 1.30. The van der Waals surface area contributed by atoms with Crippen molar-refractivity contribution < 1.29 is 4.74 Å². The molecule has 2 aliphatic rings. The fourth-order valence-corrected chi connectivity index (χ4v) is 4.32. The van der Waals surface area contributed by atoms with E-state index in [0.29, 0.717) is 11.0 Å². The molecule has 1 aliphatic carbocycles. The summed E-state index contributed by atoms with van der Waals surface area (Å²) in [5.41, 5.74) is 1.80. The van der Waals surface area contributed by atoms with Crippen LogP contribution in [0.3, 0.4) is 0 Å². The van der Waals surface area contributed by atoms with Crippen molar-refractivity contribution in [3.8, 4) is 17.3 Å². The molecule has 0 amide bonds. The van der Waals surface area contributed by atoms with Crippen LogP contribution in [0.1, 0.15) is 31.2 Å². The lowest BCUT2D eigenvalue weighted by Gasteiger charge is -2.32. The third-order valence-corrected chi connectivity index (χ3v) is 6.31. The first kappa shape index (κ1) is 19.4. The maximum atomic E-state index is 6.16. The van der Waals surface area contributed by atoms with Gasteiger partial charge in [0.2, 0.25) is 5.13 Å². The Morgan fingerprint density at radius 2 is 2.00 bits per heavy atom. The molecular weight excluding hydrogens is 396 g/mol. The Labute approximate surface area is 180 Å². The Morgan fingerprint density at radius 3 is 2.73 bits per heavy atom. The highest BCUT2D eigenvalue weighted by Gasteiger charge is 2.27. The molecule has 1 saturated heterocycles. The van der Waals surface area contributed by atoms with Crippen molar-refractivity contribution in [3.63, 3.8) is 0 Å². The molecule has 1 saturated carbocycles. The number of likely N-dealkylation sites (tertiary alicyclic amines) is 1. The van der Waals surface area contributed by atoms with Crippen LogP contribution in [0.2, 0.25) is 0 Å². The summed E-state index contributed by atoms with van der Waals surface area (Å²) in [6, 6.07) is 7.82. The second kappa shape index (κ2) is 8.65. The molecule has 1 N–H and O–H groups in total. The molecule has 0 spiro atoms. The molecule has 1 aliphatic heterocycles. The number of anilines is 2. The van der Waals surface area contributed by atoms with Gasteiger partial charge >= 0.3 is 0 Å². The molecule has 2 fully saturated rings. The van der Waals surface area contributed by atoms with Crippen LogP contribution in [0.25, 0.3) is 11.5 Å². The highest BCUT2D eigenvalue weighted by molar-refractivity contribution is 7.09. The fraction of sp³-hybridized carbons (Fsp3) is 0.455. The molecule has 0 radical (unpaired) electrons. The molecule has 4 heterocycles. The van der Waals surface area contributed by atoms with E-state index in [2.05, 4.69) is 29.5 Å². The SMILES string of the molecule is Cc1cccnc1Nc1nc(-c2ccc(OC3CCN(CC4CC4)CC3)cn2)ns1. The molecule has 0 bridgehead atoms. The van der Waals surface area contributed by atoms with Crippen molar-refractivity contribution in [2.24, 2.45) is 5.92 Å². The summed E-state index contributed by atoms with van der Waals surface area (Å²) in [7, 11) is 0. The molecular formula is C22H26N6OS. The first-order chi connectivity index (χ1) is 14.7. The number of nitrogens with zero attached hydrogens (tertiary/aromatic N) is 5. The van der Waals surface area contributed by atoms with Gasteiger partial charge in [-0.1, -0.05) is 6.07 Å². The zero-order valence-corrected chi connectivity index (χ0v) is 17.9. The summed E-state index contributed by atoms with van der Waals surface area (Å²) in [6.07, 6.45) is 8.83. The van der Waals surface area contributed by atoms with E-state index in [4.69, 9.17) is 4.74 Å². The van der Waals surface area contributed by atoms with Gasteiger partial charge in [-0.25, -0.2) is 9.97 Å². The minimum atomic E-state index is 0.280. The lowest BCUT2D eigenvalue weighted by Crippen LogP contribution is -2.39. The third kappa shape index (κ3) is 4.76. The number of hydrogen-bond acceptors (Lipinski definition) is 8. The van der Waals surface area contributed by atoms with Gasteiger partial charge < -0.3 is 15.0 Å². The van der Waals surface area contributed by atoms with E-state index in [-0.39, 0.29) is 6.10 Å². The summed E-state index contributed by atoms with van der Waals surface area (Å²) in [6.45, 7) is 5.57. The highest BCUT2D eigenvalue weighted by atomic mass is 32.1. The molecule has 30 heavy (non-hydrogen) atoms. The van der Waals surface area contributed by atoms with E-state index in [1.165, 1.54) is 30.9 Å². The van der Waals surface area contributed by atoms with E-state index >= 15 is 0 Å². The first-order valence-corrected chi connectivity index (χ1v) is 11.4. The van der Waals surface area contributed by atoms with Crippen LogP contribution in [0.4, 0.5) is 10.9 Å². The van der Waals surface area contributed by atoms with E-state index in [1.54, 1.807) is 12.4 Å². The van der Waals surface area contributed by atoms with Crippen molar-refractivity contribution >= 4 is 22.5 Å².